The number of nitrogens with one attached hydrogen (secondary N) is 2. The predicted octanol–water partition coefficient (Wildman–Crippen LogP) is 4.70. The SMILES string of the molecule is CC(C)(C)[C@@H](NC(=O)OCC1c2ccccc2-c2ccccc21)C(=O)NCC1(CC(=O)O)CCC1. The Morgan fingerprint density at radius 1 is 1.03 bits per heavy atom. The lowest BCUT2D eigenvalue weighted by molar-refractivity contribution is -0.142. The van der Waals surface area contributed by atoms with E-state index in [9.17, 15) is 19.5 Å². The van der Waals surface area contributed by atoms with E-state index in [1.807, 2.05) is 45.0 Å². The number of alkyl carbamates (subject to hydrolysis) is 1. The highest BCUT2D eigenvalue weighted by atomic mass is 16.5. The van der Waals surface area contributed by atoms with Crippen LogP contribution >= 0.6 is 0 Å². The van der Waals surface area contributed by atoms with E-state index in [1.54, 1.807) is 0 Å². The smallest absolute Gasteiger partial charge is 0.407 e. The number of carboxylic acid groups (broad SMARTS) is 1. The van der Waals surface area contributed by atoms with E-state index in [2.05, 4.69) is 34.9 Å². The Kier molecular flexibility index (Phi) is 6.88. The summed E-state index contributed by atoms with van der Waals surface area (Å²) in [4.78, 5) is 37.1. The van der Waals surface area contributed by atoms with Crippen LogP contribution in [-0.2, 0) is 14.3 Å². The van der Waals surface area contributed by atoms with Crippen LogP contribution in [0.15, 0.2) is 48.5 Å². The van der Waals surface area contributed by atoms with Crippen molar-refractivity contribution in [3.63, 3.8) is 0 Å². The Morgan fingerprint density at radius 2 is 1.60 bits per heavy atom. The highest BCUT2D eigenvalue weighted by Crippen LogP contribution is 2.45. The number of carbonyl (C=O) groups excluding carboxylic acids is 2. The van der Waals surface area contributed by atoms with E-state index in [-0.39, 0.29) is 31.4 Å². The first-order valence-corrected chi connectivity index (χ1v) is 12.2. The van der Waals surface area contributed by atoms with Crippen molar-refractivity contribution < 1.29 is 24.2 Å². The first-order valence-electron chi connectivity index (χ1n) is 12.2. The van der Waals surface area contributed by atoms with Crippen LogP contribution in [0, 0.1) is 10.8 Å². The first kappa shape index (κ1) is 24.8. The van der Waals surface area contributed by atoms with Crippen molar-refractivity contribution in [2.45, 2.75) is 58.4 Å². The molecule has 7 heteroatoms. The third-order valence-corrected chi connectivity index (χ3v) is 7.31. The van der Waals surface area contributed by atoms with Crippen LogP contribution in [0.25, 0.3) is 11.1 Å². The molecule has 0 heterocycles. The summed E-state index contributed by atoms with van der Waals surface area (Å²) in [5.74, 6) is -1.25. The van der Waals surface area contributed by atoms with Crippen molar-refractivity contribution in [3.05, 3.63) is 59.7 Å². The molecule has 0 unspecified atom stereocenters. The molecular formula is C28H34N2O5. The van der Waals surface area contributed by atoms with Crippen molar-refractivity contribution in [2.75, 3.05) is 13.2 Å². The molecule has 3 N–H and O–H groups in total. The normalized spacial score (nSPS) is 16.9. The minimum atomic E-state index is -0.858. The number of benzene rings is 2. The van der Waals surface area contributed by atoms with E-state index in [1.165, 1.54) is 0 Å². The molecule has 35 heavy (non-hydrogen) atoms. The molecule has 2 aliphatic rings. The minimum Gasteiger partial charge on any atom is -0.481 e. The summed E-state index contributed by atoms with van der Waals surface area (Å²) in [6.07, 6.45) is 1.90. The third kappa shape index (κ3) is 5.34. The molecule has 1 fully saturated rings. The van der Waals surface area contributed by atoms with Crippen molar-refractivity contribution >= 4 is 18.0 Å². The molecule has 0 saturated heterocycles. The number of fused-ring (bicyclic) bond motifs is 3. The monoisotopic (exact) mass is 478 g/mol. The zero-order valence-corrected chi connectivity index (χ0v) is 20.6. The van der Waals surface area contributed by atoms with Gasteiger partial charge in [0.25, 0.3) is 0 Å². The van der Waals surface area contributed by atoms with Gasteiger partial charge in [0.15, 0.2) is 0 Å². The van der Waals surface area contributed by atoms with E-state index < -0.39 is 28.9 Å². The average Bonchev–Trinajstić information content (AvgIpc) is 3.10. The van der Waals surface area contributed by atoms with Crippen LogP contribution in [0.2, 0.25) is 0 Å². The molecule has 2 aromatic carbocycles. The molecule has 186 valence electrons. The zero-order chi connectivity index (χ0) is 25.2. The van der Waals surface area contributed by atoms with Gasteiger partial charge in [0.2, 0.25) is 5.91 Å². The van der Waals surface area contributed by atoms with Crippen molar-refractivity contribution in [1.82, 2.24) is 10.6 Å². The minimum absolute atomic E-state index is 0.0350. The number of carboxylic acids is 1. The van der Waals surface area contributed by atoms with Gasteiger partial charge in [-0.3, -0.25) is 9.59 Å². The third-order valence-electron chi connectivity index (χ3n) is 7.31. The molecule has 7 nitrogen and oxygen atoms in total. The van der Waals surface area contributed by atoms with Crippen molar-refractivity contribution in [1.29, 1.82) is 0 Å². The second-order valence-electron chi connectivity index (χ2n) is 10.9. The van der Waals surface area contributed by atoms with Gasteiger partial charge in [-0.2, -0.15) is 0 Å². The highest BCUT2D eigenvalue weighted by molar-refractivity contribution is 5.86. The Morgan fingerprint density at radius 3 is 2.09 bits per heavy atom. The summed E-state index contributed by atoms with van der Waals surface area (Å²) < 4.78 is 5.64. The molecule has 4 rings (SSSR count). The van der Waals surface area contributed by atoms with Gasteiger partial charge in [0.05, 0.1) is 6.42 Å². The lowest BCUT2D eigenvalue weighted by Gasteiger charge is -2.41. The number of hydrogen-bond acceptors (Lipinski definition) is 4. The van der Waals surface area contributed by atoms with Crippen molar-refractivity contribution in [2.24, 2.45) is 10.8 Å². The Bertz CT molecular complexity index is 1070. The lowest BCUT2D eigenvalue weighted by Crippen LogP contribution is -2.56. The van der Waals surface area contributed by atoms with Gasteiger partial charge in [0.1, 0.15) is 12.6 Å². The highest BCUT2D eigenvalue weighted by Gasteiger charge is 2.41. The summed E-state index contributed by atoms with van der Waals surface area (Å²) >= 11 is 0. The molecule has 1 saturated carbocycles. The molecule has 0 aromatic heterocycles. The second kappa shape index (κ2) is 9.72. The summed E-state index contributed by atoms with van der Waals surface area (Å²) in [6, 6.07) is 15.4. The van der Waals surface area contributed by atoms with Crippen molar-refractivity contribution in [3.8, 4) is 11.1 Å². The molecule has 0 spiro atoms. The molecule has 2 aliphatic carbocycles. The van der Waals surface area contributed by atoms with E-state index >= 15 is 0 Å². The maximum Gasteiger partial charge on any atom is 0.407 e. The maximum absolute atomic E-state index is 13.1. The standard InChI is InChI=1S/C28H34N2O5/c1-27(2,3)24(25(33)29-17-28(13-8-14-28)15-23(31)32)30-26(34)35-16-22-20-11-6-4-9-18(20)19-10-5-7-12-21(19)22/h4-7,9-12,22,24H,8,13-17H2,1-3H3,(H,29,33)(H,30,34)(H,31,32)/t24-/m0/s1. The van der Waals surface area contributed by atoms with Gasteiger partial charge in [-0.1, -0.05) is 75.7 Å². The summed E-state index contributed by atoms with van der Waals surface area (Å²) in [5, 5.41) is 14.9. The first-order chi connectivity index (χ1) is 16.6. The molecule has 2 amide bonds. The maximum atomic E-state index is 13.1. The zero-order valence-electron chi connectivity index (χ0n) is 20.6. The van der Waals surface area contributed by atoms with Gasteiger partial charge < -0.3 is 20.5 Å². The number of ether oxygens (including phenoxy) is 1. The predicted molar refractivity (Wildman–Crippen MR) is 133 cm³/mol. The average molecular weight is 479 g/mol. The van der Waals surface area contributed by atoms with Crippen LogP contribution < -0.4 is 10.6 Å². The molecule has 1 atom stereocenters. The molecule has 0 aliphatic heterocycles. The van der Waals surface area contributed by atoms with Crippen LogP contribution in [0.4, 0.5) is 4.79 Å². The number of aliphatic carboxylic acids is 1. The van der Waals surface area contributed by atoms with Crippen LogP contribution in [0.1, 0.15) is 63.5 Å². The molecule has 0 radical (unpaired) electrons. The van der Waals surface area contributed by atoms with Gasteiger partial charge in [-0.25, -0.2) is 4.79 Å². The number of hydrogen-bond donors (Lipinski definition) is 3. The van der Waals surface area contributed by atoms with E-state index in [0.717, 1.165) is 41.5 Å². The summed E-state index contributed by atoms with van der Waals surface area (Å²) in [6.45, 7) is 6.07. The van der Waals surface area contributed by atoms with Gasteiger partial charge >= 0.3 is 12.1 Å². The second-order valence-corrected chi connectivity index (χ2v) is 10.9. The Labute approximate surface area is 206 Å². The number of carbonyl (C=O) groups is 3. The summed E-state index contributed by atoms with van der Waals surface area (Å²) in [7, 11) is 0. The van der Waals surface area contributed by atoms with Crippen LogP contribution in [0.5, 0.6) is 0 Å². The molecule has 0 bridgehead atoms. The van der Waals surface area contributed by atoms with E-state index in [4.69, 9.17) is 4.74 Å². The topological polar surface area (TPSA) is 105 Å². The van der Waals surface area contributed by atoms with Gasteiger partial charge in [-0.15, -0.1) is 0 Å². The van der Waals surface area contributed by atoms with Gasteiger partial charge in [0, 0.05) is 12.5 Å². The lowest BCUT2D eigenvalue weighted by atomic mass is 9.66. The Hall–Kier alpha value is -3.35. The Balaban J connectivity index is 1.39. The number of amides is 2. The number of rotatable bonds is 8. The fourth-order valence-corrected chi connectivity index (χ4v) is 5.22. The van der Waals surface area contributed by atoms with Gasteiger partial charge in [-0.05, 0) is 45.9 Å². The summed E-state index contributed by atoms with van der Waals surface area (Å²) in [5.41, 5.74) is 3.58. The van der Waals surface area contributed by atoms with Crippen LogP contribution in [-0.4, -0.2) is 42.3 Å². The largest absolute Gasteiger partial charge is 0.481 e. The van der Waals surface area contributed by atoms with E-state index in [0.29, 0.717) is 0 Å². The van der Waals surface area contributed by atoms with Crippen LogP contribution in [0.3, 0.4) is 0 Å². The fraction of sp³-hybridized carbons (Fsp3) is 0.464. The fourth-order valence-electron chi connectivity index (χ4n) is 5.22. The quantitative estimate of drug-likeness (QED) is 0.510. The molecule has 2 aromatic rings. The molecular weight excluding hydrogens is 444 g/mol.